The molecule has 4 aromatic carbocycles. The van der Waals surface area contributed by atoms with Crippen LogP contribution in [0.25, 0.3) is 23.3 Å². The van der Waals surface area contributed by atoms with Crippen LogP contribution in [0.3, 0.4) is 0 Å². The van der Waals surface area contributed by atoms with Gasteiger partial charge >= 0.3 is 18.3 Å². The largest absolute Gasteiger partial charge is 0.573 e. The van der Waals surface area contributed by atoms with Crippen molar-refractivity contribution in [3.05, 3.63) is 134 Å². The lowest BCUT2D eigenvalue weighted by molar-refractivity contribution is -0.276. The number of hydrogen-bond acceptors (Lipinski definition) is 5. The van der Waals surface area contributed by atoms with E-state index in [0.29, 0.717) is 29.4 Å². The van der Waals surface area contributed by atoms with E-state index in [0.717, 1.165) is 62.6 Å². The van der Waals surface area contributed by atoms with E-state index in [1.165, 1.54) is 12.2 Å². The van der Waals surface area contributed by atoms with Crippen LogP contribution in [0.4, 0.5) is 43.9 Å². The van der Waals surface area contributed by atoms with Gasteiger partial charge in [-0.15, -0.1) is 13.2 Å². The lowest BCUT2D eigenvalue weighted by atomic mass is 9.80. The Morgan fingerprint density at radius 2 is 1.21 bits per heavy atom. The minimum atomic E-state index is -5.35. The van der Waals surface area contributed by atoms with Crippen LogP contribution in [-0.4, -0.2) is 18.3 Å². The Bertz CT molecular complexity index is 2340. The monoisotopic (exact) mass is 862 g/mol. The molecule has 0 bridgehead atoms. The highest BCUT2D eigenvalue weighted by Gasteiger charge is 2.35. The van der Waals surface area contributed by atoms with E-state index in [1.54, 1.807) is 12.1 Å². The number of halogens is 10. The molecule has 3 aliphatic rings. The molecule has 0 aliphatic heterocycles. The number of benzene rings is 4. The molecular formula is C46H40F10O5. The molecule has 5 nitrogen and oxygen atoms in total. The average molecular weight is 863 g/mol. The smallest absolute Gasteiger partial charge is 0.431 e. The maximum atomic E-state index is 15.3. The van der Waals surface area contributed by atoms with Crippen molar-refractivity contribution in [1.29, 1.82) is 0 Å². The Kier molecular flexibility index (Phi) is 14.0. The third-order valence-electron chi connectivity index (χ3n) is 11.0. The number of allylic oxidation sites excluding steroid dienone is 2. The Hall–Kier alpha value is -5.60. The van der Waals surface area contributed by atoms with E-state index in [4.69, 9.17) is 9.47 Å². The first kappa shape index (κ1) is 44.9. The van der Waals surface area contributed by atoms with Gasteiger partial charge in [0.15, 0.2) is 29.1 Å². The molecule has 7 rings (SSSR count). The van der Waals surface area contributed by atoms with E-state index in [-0.39, 0.29) is 65.6 Å². The summed E-state index contributed by atoms with van der Waals surface area (Å²) in [6, 6.07) is 9.63. The highest BCUT2D eigenvalue weighted by Crippen LogP contribution is 2.39. The minimum absolute atomic E-state index is 0.0248. The highest BCUT2D eigenvalue weighted by molar-refractivity contribution is 5.90. The van der Waals surface area contributed by atoms with Crippen molar-refractivity contribution < 1.29 is 67.7 Å². The molecule has 0 saturated heterocycles. The summed E-state index contributed by atoms with van der Waals surface area (Å²) < 4.78 is 150. The summed E-state index contributed by atoms with van der Waals surface area (Å²) in [6.07, 6.45) is 4.43. The maximum Gasteiger partial charge on any atom is 0.573 e. The summed E-state index contributed by atoms with van der Waals surface area (Å²) in [5.41, 5.74) is 0.531. The van der Waals surface area contributed by atoms with Crippen LogP contribution in [0, 0.1) is 52.6 Å². The maximum absolute atomic E-state index is 15.3. The fourth-order valence-electron chi connectivity index (χ4n) is 7.79. The van der Waals surface area contributed by atoms with Crippen molar-refractivity contribution in [2.45, 2.75) is 90.8 Å². The summed E-state index contributed by atoms with van der Waals surface area (Å²) in [7, 11) is 0. The van der Waals surface area contributed by atoms with E-state index in [1.807, 2.05) is 19.1 Å². The second-order valence-corrected chi connectivity index (χ2v) is 15.1. The van der Waals surface area contributed by atoms with Crippen molar-refractivity contribution in [1.82, 2.24) is 0 Å². The van der Waals surface area contributed by atoms with Gasteiger partial charge in [0, 0.05) is 12.8 Å². The zero-order valence-corrected chi connectivity index (χ0v) is 33.0. The quantitative estimate of drug-likeness (QED) is 0.0953. The normalized spacial score (nSPS) is 17.2. The van der Waals surface area contributed by atoms with Gasteiger partial charge < -0.3 is 14.2 Å². The Morgan fingerprint density at radius 1 is 0.656 bits per heavy atom. The van der Waals surface area contributed by atoms with Gasteiger partial charge in [-0.05, 0) is 133 Å². The predicted molar refractivity (Wildman–Crippen MR) is 205 cm³/mol. The second-order valence-electron chi connectivity index (χ2n) is 15.1. The molecule has 15 heteroatoms. The molecule has 0 radical (unpaired) electrons. The molecule has 1 saturated carbocycles. The van der Waals surface area contributed by atoms with Crippen molar-refractivity contribution in [3.8, 4) is 16.9 Å². The number of rotatable bonds is 9. The molecule has 3 aliphatic carbocycles. The first-order chi connectivity index (χ1) is 29.0. The Morgan fingerprint density at radius 3 is 1.77 bits per heavy atom. The van der Waals surface area contributed by atoms with Crippen molar-refractivity contribution in [2.24, 2.45) is 11.8 Å². The topological polar surface area (TPSA) is 61.8 Å². The molecule has 4 aromatic rings. The van der Waals surface area contributed by atoms with Crippen molar-refractivity contribution in [2.75, 3.05) is 0 Å². The van der Waals surface area contributed by atoms with Gasteiger partial charge in [-0.2, -0.15) is 0 Å². The van der Waals surface area contributed by atoms with E-state index >= 15 is 4.39 Å². The summed E-state index contributed by atoms with van der Waals surface area (Å²) in [6.45, 7) is 4.14. The second kappa shape index (κ2) is 19.0. The molecule has 0 N–H and O–H groups in total. The third-order valence-corrected chi connectivity index (χ3v) is 11.0. The molecule has 324 valence electrons. The first-order valence-electron chi connectivity index (χ1n) is 19.8. The molecule has 0 atom stereocenters. The average Bonchev–Trinajstić information content (AvgIpc) is 3.21. The lowest BCUT2D eigenvalue weighted by Gasteiger charge is -2.27. The molecule has 0 heterocycles. The first-order valence-corrected chi connectivity index (χ1v) is 19.8. The number of hydrogen-bond donors (Lipinski definition) is 0. The number of alkyl halides is 3. The van der Waals surface area contributed by atoms with Crippen LogP contribution in [0.5, 0.6) is 5.75 Å². The number of carbonyl (C=O) groups is 2. The van der Waals surface area contributed by atoms with Crippen LogP contribution in [-0.2, 0) is 33.5 Å². The van der Waals surface area contributed by atoms with Crippen molar-refractivity contribution in [3.63, 3.8) is 0 Å². The fourth-order valence-corrected chi connectivity index (χ4v) is 7.79. The summed E-state index contributed by atoms with van der Waals surface area (Å²) >= 11 is 0. The van der Waals surface area contributed by atoms with E-state index < -0.39 is 69.9 Å². The molecule has 1 fully saturated rings. The molecule has 0 amide bonds. The molecule has 61 heavy (non-hydrogen) atoms. The predicted octanol–water partition coefficient (Wildman–Crippen LogP) is 13.1. The highest BCUT2D eigenvalue weighted by atomic mass is 19.4. The van der Waals surface area contributed by atoms with Gasteiger partial charge in [0.25, 0.3) is 0 Å². The SMILES string of the molecule is CCCC1CCC(C(=O)OC2=Cc3cc(F)c(-c4cc(F)c(OC(F)(F)F)c(F)c4)c(F)c3CC2)CC1.CCc1ccc(C(=O)OC2=Cc3cc(F)c(F)c(F)c3CC2)cc1. The minimum Gasteiger partial charge on any atom is -0.431 e. The molecular weight excluding hydrogens is 822 g/mol. The third kappa shape index (κ3) is 10.7. The van der Waals surface area contributed by atoms with Gasteiger partial charge in [-0.25, -0.2) is 35.5 Å². The van der Waals surface area contributed by atoms with Crippen LogP contribution in [0.1, 0.15) is 103 Å². The molecule has 0 aromatic heterocycles. The van der Waals surface area contributed by atoms with Gasteiger partial charge in [0.2, 0.25) is 5.75 Å². The number of carbonyl (C=O) groups excluding carboxylic acids is 2. The number of esters is 2. The zero-order valence-electron chi connectivity index (χ0n) is 33.0. The standard InChI is InChI=1S/C27H25F7O3.C19H15F3O2/c1-2-3-14-4-6-15(7-5-14)26(35)36-18-8-9-19-16(10-18)11-20(28)23(24(19)31)17-12-21(29)25(22(30)13-17)37-27(32,33)34;1-2-11-3-5-12(6-4-11)19(23)24-14-7-8-15-13(9-14)10-16(20)18(22)17(15)21/h10-15H,2-9H2,1H3;3-6,9-10H,2,7-8H2,1H3. The van der Waals surface area contributed by atoms with Crippen LogP contribution >= 0.6 is 0 Å². The van der Waals surface area contributed by atoms with Crippen LogP contribution in [0.2, 0.25) is 0 Å². The number of aryl methyl sites for hydroxylation is 1. The molecule has 0 spiro atoms. The lowest BCUT2D eigenvalue weighted by Crippen LogP contribution is -2.24. The van der Waals surface area contributed by atoms with Gasteiger partial charge in [-0.3, -0.25) is 4.79 Å². The summed E-state index contributed by atoms with van der Waals surface area (Å²) in [4.78, 5) is 24.8. The van der Waals surface area contributed by atoms with Crippen LogP contribution < -0.4 is 4.74 Å². The van der Waals surface area contributed by atoms with E-state index in [2.05, 4.69) is 11.7 Å². The Labute approximate surface area is 345 Å². The van der Waals surface area contributed by atoms with E-state index in [9.17, 15) is 49.1 Å². The molecule has 0 unspecified atom stereocenters. The van der Waals surface area contributed by atoms with Gasteiger partial charge in [0.1, 0.15) is 23.2 Å². The van der Waals surface area contributed by atoms with Gasteiger partial charge in [0.05, 0.1) is 17.0 Å². The van der Waals surface area contributed by atoms with Gasteiger partial charge in [-0.1, -0.05) is 38.8 Å². The number of fused-ring (bicyclic) bond motifs is 2. The fraction of sp³-hybridized carbons (Fsp3) is 0.348. The van der Waals surface area contributed by atoms with Crippen molar-refractivity contribution >= 4 is 24.1 Å². The summed E-state index contributed by atoms with van der Waals surface area (Å²) in [5, 5.41) is 0. The summed E-state index contributed by atoms with van der Waals surface area (Å²) in [5.74, 6) is -11.4. The number of ether oxygens (including phenoxy) is 3. The zero-order chi connectivity index (χ0) is 44.2. The van der Waals surface area contributed by atoms with Crippen LogP contribution in [0.15, 0.2) is 60.0 Å². The Balaban J connectivity index is 0.000000223.